The van der Waals surface area contributed by atoms with Gasteiger partial charge in [-0.2, -0.15) is 4.98 Å². The molecule has 8 nitrogen and oxygen atoms in total. The van der Waals surface area contributed by atoms with Crippen LogP contribution in [0.15, 0.2) is 58.1 Å². The molecule has 35 heavy (non-hydrogen) atoms. The van der Waals surface area contributed by atoms with Gasteiger partial charge in [0.25, 0.3) is 0 Å². The average molecular weight is 513 g/mol. The zero-order valence-electron chi connectivity index (χ0n) is 19.6. The number of halogens is 1. The highest BCUT2D eigenvalue weighted by atomic mass is 35.5. The van der Waals surface area contributed by atoms with Crippen molar-refractivity contribution in [2.24, 2.45) is 5.92 Å². The number of nitrogens with one attached hydrogen (secondary N) is 1. The first-order valence-electron chi connectivity index (χ1n) is 11.1. The highest BCUT2D eigenvalue weighted by Gasteiger charge is 2.20. The van der Waals surface area contributed by atoms with Crippen molar-refractivity contribution in [3.63, 3.8) is 0 Å². The summed E-state index contributed by atoms with van der Waals surface area (Å²) < 4.78 is 8.24. The van der Waals surface area contributed by atoms with Gasteiger partial charge in [-0.05, 0) is 53.8 Å². The van der Waals surface area contributed by atoms with Gasteiger partial charge in [-0.25, -0.2) is 14.2 Å². The number of rotatable bonds is 8. The summed E-state index contributed by atoms with van der Waals surface area (Å²) in [6.07, 6.45) is 0.951. The van der Waals surface area contributed by atoms with Crippen molar-refractivity contribution in [1.82, 2.24) is 14.1 Å². The van der Waals surface area contributed by atoms with E-state index in [-0.39, 0.29) is 19.0 Å². The molecular weight excluding hydrogens is 488 g/mol. The zero-order valence-corrected chi connectivity index (χ0v) is 21.2. The third-order valence-electron chi connectivity index (χ3n) is 5.64. The predicted molar refractivity (Wildman–Crippen MR) is 139 cm³/mol. The summed E-state index contributed by atoms with van der Waals surface area (Å²) in [7, 11) is 1.26. The first kappa shape index (κ1) is 24.7. The average Bonchev–Trinajstić information content (AvgIpc) is 3.27. The van der Waals surface area contributed by atoms with Crippen molar-refractivity contribution in [1.29, 1.82) is 0 Å². The largest absolute Gasteiger partial charge is 0.469 e. The number of ether oxygens (including phenoxy) is 1. The van der Waals surface area contributed by atoms with Gasteiger partial charge < -0.3 is 10.1 Å². The molecule has 2 heterocycles. The molecule has 2 aromatic carbocycles. The van der Waals surface area contributed by atoms with Crippen LogP contribution in [0.5, 0.6) is 0 Å². The number of esters is 1. The van der Waals surface area contributed by atoms with E-state index >= 15 is 0 Å². The van der Waals surface area contributed by atoms with Crippen LogP contribution in [-0.2, 0) is 29.0 Å². The number of carbonyl (C=O) groups is 1. The van der Waals surface area contributed by atoms with E-state index in [1.165, 1.54) is 16.6 Å². The molecule has 182 valence electrons. The van der Waals surface area contributed by atoms with Gasteiger partial charge in [-0.1, -0.05) is 37.6 Å². The number of thiophene rings is 1. The number of nitrogens with zero attached hydrogens (tertiary/aromatic N) is 3. The van der Waals surface area contributed by atoms with Gasteiger partial charge in [0, 0.05) is 26.8 Å². The number of hydrogen-bond acceptors (Lipinski definition) is 7. The quantitative estimate of drug-likeness (QED) is 0.351. The summed E-state index contributed by atoms with van der Waals surface area (Å²) >= 11 is 7.74. The van der Waals surface area contributed by atoms with Gasteiger partial charge >= 0.3 is 17.3 Å². The Balaban J connectivity index is 1.77. The van der Waals surface area contributed by atoms with E-state index < -0.39 is 23.3 Å². The van der Waals surface area contributed by atoms with E-state index in [1.807, 2.05) is 18.2 Å². The molecule has 1 N–H and O–H groups in total. The highest BCUT2D eigenvalue weighted by molar-refractivity contribution is 7.19. The number of carbonyl (C=O) groups excluding carboxylic acids is 1. The smallest absolute Gasteiger partial charge is 0.354 e. The Morgan fingerprint density at radius 1 is 1.14 bits per heavy atom. The Kier molecular flexibility index (Phi) is 7.37. The first-order chi connectivity index (χ1) is 16.8. The summed E-state index contributed by atoms with van der Waals surface area (Å²) in [5.74, 6) is -1.09. The lowest BCUT2D eigenvalue weighted by Crippen LogP contribution is -2.44. The van der Waals surface area contributed by atoms with Gasteiger partial charge in [0.2, 0.25) is 5.95 Å². The van der Waals surface area contributed by atoms with Crippen LogP contribution in [0.25, 0.3) is 10.1 Å². The second-order valence-electron chi connectivity index (χ2n) is 8.19. The van der Waals surface area contributed by atoms with Crippen molar-refractivity contribution in [2.45, 2.75) is 33.4 Å². The molecule has 0 saturated heterocycles. The maximum Gasteiger partial charge on any atom is 0.354 e. The number of methoxy groups -OCH3 is 1. The lowest BCUT2D eigenvalue weighted by molar-refractivity contribution is -0.145. The van der Waals surface area contributed by atoms with E-state index in [1.54, 1.807) is 42.5 Å². The molecule has 4 rings (SSSR count). The predicted octanol–water partition coefficient (Wildman–Crippen LogP) is 4.44. The number of aromatic nitrogens is 3. The van der Waals surface area contributed by atoms with Crippen LogP contribution in [0.4, 0.5) is 11.6 Å². The van der Waals surface area contributed by atoms with Crippen molar-refractivity contribution in [3.05, 3.63) is 85.0 Å². The molecule has 2 aromatic heterocycles. The standard InChI is InChI=1S/C25H25ClN4O4S/c1-4-20-12-17-11-19(9-10-21(17)35-20)27-23-28-24(32)30(13-15(2)22(31)34-3)25(33)29(23)14-16-5-7-18(26)8-6-16/h5-12,15H,4,13-14H2,1-3H3,(H,27,28,32)/t15-/m0/s1. The maximum atomic E-state index is 13.4. The molecule has 0 amide bonds. The Labute approximate surface area is 210 Å². The van der Waals surface area contributed by atoms with E-state index in [0.717, 1.165) is 26.6 Å². The van der Waals surface area contributed by atoms with Gasteiger partial charge in [-0.15, -0.1) is 11.3 Å². The molecule has 0 fully saturated rings. The molecule has 10 heteroatoms. The highest BCUT2D eigenvalue weighted by Crippen LogP contribution is 2.29. The van der Waals surface area contributed by atoms with E-state index in [2.05, 4.69) is 23.3 Å². The topological polar surface area (TPSA) is 95.2 Å². The molecule has 1 atom stereocenters. The summed E-state index contributed by atoms with van der Waals surface area (Å²) in [5, 5.41) is 4.79. The van der Waals surface area contributed by atoms with E-state index in [0.29, 0.717) is 10.7 Å². The molecule has 4 aromatic rings. The summed E-state index contributed by atoms with van der Waals surface area (Å²) in [6.45, 7) is 3.71. The molecule has 0 radical (unpaired) electrons. The second kappa shape index (κ2) is 10.5. The second-order valence-corrected chi connectivity index (χ2v) is 9.80. The normalized spacial score (nSPS) is 12.0. The maximum absolute atomic E-state index is 13.4. The molecule has 0 saturated carbocycles. The number of anilines is 2. The number of aryl methyl sites for hydroxylation is 1. The Hall–Kier alpha value is -3.43. The fraction of sp³-hybridized carbons (Fsp3) is 0.280. The van der Waals surface area contributed by atoms with E-state index in [4.69, 9.17) is 16.3 Å². The SMILES string of the molecule is CCc1cc2cc(Nc3nc(=O)n(C[C@H](C)C(=O)OC)c(=O)n3Cc3ccc(Cl)cc3)ccc2s1. The monoisotopic (exact) mass is 512 g/mol. The fourth-order valence-corrected chi connectivity index (χ4v) is 4.84. The molecule has 0 aliphatic rings. The van der Waals surface area contributed by atoms with Gasteiger partial charge in [0.05, 0.1) is 19.6 Å². The number of fused-ring (bicyclic) bond motifs is 1. The molecular formula is C25H25ClN4O4S. The summed E-state index contributed by atoms with van der Waals surface area (Å²) in [6, 6.07) is 15.1. The minimum absolute atomic E-state index is 0.113. The van der Waals surface area contributed by atoms with Crippen LogP contribution in [0.1, 0.15) is 24.3 Å². The van der Waals surface area contributed by atoms with Crippen LogP contribution in [0, 0.1) is 5.92 Å². The van der Waals surface area contributed by atoms with Crippen molar-refractivity contribution >= 4 is 50.6 Å². The van der Waals surface area contributed by atoms with Gasteiger partial charge in [0.1, 0.15) is 0 Å². The van der Waals surface area contributed by atoms with Crippen LogP contribution >= 0.6 is 22.9 Å². The number of hydrogen-bond donors (Lipinski definition) is 1. The van der Waals surface area contributed by atoms with Crippen LogP contribution in [-0.4, -0.2) is 27.2 Å². The van der Waals surface area contributed by atoms with Gasteiger partial charge in [0.15, 0.2) is 0 Å². The van der Waals surface area contributed by atoms with E-state index in [9.17, 15) is 14.4 Å². The summed E-state index contributed by atoms with van der Waals surface area (Å²) in [5.41, 5.74) is 0.178. The van der Waals surface area contributed by atoms with Crippen molar-refractivity contribution in [2.75, 3.05) is 12.4 Å². The van der Waals surface area contributed by atoms with Crippen molar-refractivity contribution in [3.8, 4) is 0 Å². The molecule has 0 spiro atoms. The van der Waals surface area contributed by atoms with Gasteiger partial charge in [-0.3, -0.25) is 9.36 Å². The Bertz CT molecular complexity index is 1490. The lowest BCUT2D eigenvalue weighted by Gasteiger charge is -2.17. The van der Waals surface area contributed by atoms with Crippen LogP contribution < -0.4 is 16.7 Å². The summed E-state index contributed by atoms with van der Waals surface area (Å²) in [4.78, 5) is 43.6. The first-order valence-corrected chi connectivity index (χ1v) is 12.3. The molecule has 0 unspecified atom stereocenters. The third-order valence-corrected chi connectivity index (χ3v) is 7.15. The number of benzene rings is 2. The molecule has 0 bridgehead atoms. The Morgan fingerprint density at radius 2 is 1.89 bits per heavy atom. The molecule has 0 aliphatic carbocycles. The minimum atomic E-state index is -0.745. The lowest BCUT2D eigenvalue weighted by atomic mass is 10.2. The van der Waals surface area contributed by atoms with Crippen molar-refractivity contribution < 1.29 is 9.53 Å². The molecule has 0 aliphatic heterocycles. The minimum Gasteiger partial charge on any atom is -0.469 e. The van der Waals surface area contributed by atoms with Crippen LogP contribution in [0.3, 0.4) is 0 Å². The fourth-order valence-electron chi connectivity index (χ4n) is 3.72. The van der Waals surface area contributed by atoms with Crippen LogP contribution in [0.2, 0.25) is 5.02 Å². The zero-order chi connectivity index (χ0) is 25.1. The third kappa shape index (κ3) is 5.47. The Morgan fingerprint density at radius 3 is 2.57 bits per heavy atom.